The number of amides is 1. The molecule has 1 amide bonds. The van der Waals surface area contributed by atoms with Crippen LogP contribution in [-0.2, 0) is 4.79 Å². The first-order chi connectivity index (χ1) is 9.12. The van der Waals surface area contributed by atoms with Gasteiger partial charge in [-0.2, -0.15) is 0 Å². The summed E-state index contributed by atoms with van der Waals surface area (Å²) in [6, 6.07) is 8.03. The van der Waals surface area contributed by atoms with Gasteiger partial charge in [-0.05, 0) is 38.5 Å². The van der Waals surface area contributed by atoms with Crippen LogP contribution in [0.5, 0.6) is 5.75 Å². The lowest BCUT2D eigenvalue weighted by Gasteiger charge is -2.21. The number of rotatable bonds is 7. The van der Waals surface area contributed by atoms with Gasteiger partial charge >= 0.3 is 0 Å². The Morgan fingerprint density at radius 2 is 1.84 bits per heavy atom. The van der Waals surface area contributed by atoms with E-state index in [4.69, 9.17) is 4.74 Å². The number of likely N-dealkylation sites (N-methyl/N-ethyl adjacent to an activating group) is 1. The third-order valence-electron chi connectivity index (χ3n) is 3.29. The zero-order valence-corrected chi connectivity index (χ0v) is 12.3. The number of benzene rings is 1. The van der Waals surface area contributed by atoms with Gasteiger partial charge in [0.2, 0.25) is 5.91 Å². The molecule has 0 saturated carbocycles. The molecular formula is C15H24N2O2. The molecule has 0 bridgehead atoms. The largest absolute Gasteiger partial charge is 0.497 e. The highest BCUT2D eigenvalue weighted by atomic mass is 16.5. The molecule has 0 spiro atoms. The van der Waals surface area contributed by atoms with E-state index in [9.17, 15) is 4.79 Å². The lowest BCUT2D eigenvalue weighted by atomic mass is 10.1. The Morgan fingerprint density at radius 1 is 1.26 bits per heavy atom. The van der Waals surface area contributed by atoms with Crippen molar-refractivity contribution in [2.75, 3.05) is 26.7 Å². The second-order valence-electron chi connectivity index (χ2n) is 4.44. The van der Waals surface area contributed by atoms with E-state index < -0.39 is 0 Å². The average molecular weight is 264 g/mol. The molecule has 0 aliphatic heterocycles. The number of carbonyl (C=O) groups is 1. The summed E-state index contributed by atoms with van der Waals surface area (Å²) in [4.78, 5) is 13.7. The number of carbonyl (C=O) groups excluding carboxylic acids is 1. The van der Waals surface area contributed by atoms with E-state index in [1.165, 1.54) is 0 Å². The highest BCUT2D eigenvalue weighted by molar-refractivity contribution is 5.78. The number of methoxy groups -OCH3 is 1. The second-order valence-corrected chi connectivity index (χ2v) is 4.44. The van der Waals surface area contributed by atoms with Gasteiger partial charge in [-0.15, -0.1) is 0 Å². The Bertz CT molecular complexity index is 386. The van der Waals surface area contributed by atoms with Crippen LogP contribution >= 0.6 is 0 Å². The summed E-state index contributed by atoms with van der Waals surface area (Å²) in [7, 11) is 1.65. The molecule has 19 heavy (non-hydrogen) atoms. The molecule has 0 heterocycles. The quantitative estimate of drug-likeness (QED) is 0.821. The van der Waals surface area contributed by atoms with Crippen LogP contribution in [0, 0.1) is 0 Å². The maximum Gasteiger partial charge on any atom is 0.236 e. The fourth-order valence-corrected chi connectivity index (χ4v) is 1.94. The van der Waals surface area contributed by atoms with Crippen molar-refractivity contribution in [3.63, 3.8) is 0 Å². The maximum absolute atomic E-state index is 11.9. The van der Waals surface area contributed by atoms with Crippen molar-refractivity contribution in [2.45, 2.75) is 26.8 Å². The van der Waals surface area contributed by atoms with Gasteiger partial charge in [-0.1, -0.05) is 12.1 Å². The number of hydrogen-bond acceptors (Lipinski definition) is 3. The first-order valence-electron chi connectivity index (χ1n) is 6.77. The fraction of sp³-hybridized carbons (Fsp3) is 0.533. The van der Waals surface area contributed by atoms with Crippen molar-refractivity contribution in [1.82, 2.24) is 10.2 Å². The summed E-state index contributed by atoms with van der Waals surface area (Å²) >= 11 is 0. The van der Waals surface area contributed by atoms with E-state index in [1.54, 1.807) is 7.11 Å². The van der Waals surface area contributed by atoms with Gasteiger partial charge in [0.15, 0.2) is 0 Å². The SMILES string of the molecule is CCN(CC)C(=O)CN[C@@H](C)c1ccc(OC)cc1. The van der Waals surface area contributed by atoms with Crippen LogP contribution < -0.4 is 10.1 Å². The van der Waals surface area contributed by atoms with Crippen LogP contribution in [0.15, 0.2) is 24.3 Å². The standard InChI is InChI=1S/C15H24N2O2/c1-5-17(6-2)15(18)11-16-12(3)13-7-9-14(19-4)10-8-13/h7-10,12,16H,5-6,11H2,1-4H3/t12-/m0/s1. The molecule has 0 fully saturated rings. The summed E-state index contributed by atoms with van der Waals surface area (Å²) in [5.41, 5.74) is 1.15. The molecule has 1 aromatic carbocycles. The van der Waals surface area contributed by atoms with Crippen LogP contribution in [0.25, 0.3) is 0 Å². The van der Waals surface area contributed by atoms with E-state index in [2.05, 4.69) is 12.2 Å². The molecular weight excluding hydrogens is 240 g/mol. The smallest absolute Gasteiger partial charge is 0.236 e. The maximum atomic E-state index is 11.9. The van der Waals surface area contributed by atoms with Crippen LogP contribution in [0.1, 0.15) is 32.4 Å². The number of nitrogens with one attached hydrogen (secondary N) is 1. The molecule has 0 aliphatic carbocycles. The number of ether oxygens (including phenoxy) is 1. The zero-order chi connectivity index (χ0) is 14.3. The Balaban J connectivity index is 2.50. The number of nitrogens with zero attached hydrogens (tertiary/aromatic N) is 1. The molecule has 1 atom stereocenters. The van der Waals surface area contributed by atoms with E-state index in [-0.39, 0.29) is 11.9 Å². The summed E-state index contributed by atoms with van der Waals surface area (Å²) in [5.74, 6) is 0.987. The fourth-order valence-electron chi connectivity index (χ4n) is 1.94. The molecule has 4 heteroatoms. The molecule has 0 unspecified atom stereocenters. The monoisotopic (exact) mass is 264 g/mol. The topological polar surface area (TPSA) is 41.6 Å². The van der Waals surface area contributed by atoms with Crippen LogP contribution in [-0.4, -0.2) is 37.6 Å². The first-order valence-corrected chi connectivity index (χ1v) is 6.77. The van der Waals surface area contributed by atoms with Gasteiger partial charge < -0.3 is 15.0 Å². The van der Waals surface area contributed by atoms with E-state index in [0.717, 1.165) is 24.4 Å². The minimum atomic E-state index is 0.144. The van der Waals surface area contributed by atoms with Crippen molar-refractivity contribution in [2.24, 2.45) is 0 Å². The molecule has 0 aliphatic rings. The zero-order valence-electron chi connectivity index (χ0n) is 12.3. The third-order valence-corrected chi connectivity index (χ3v) is 3.29. The van der Waals surface area contributed by atoms with Crippen molar-refractivity contribution >= 4 is 5.91 Å². The van der Waals surface area contributed by atoms with Gasteiger partial charge in [-0.25, -0.2) is 0 Å². The van der Waals surface area contributed by atoms with E-state index in [1.807, 2.05) is 43.0 Å². The molecule has 0 aromatic heterocycles. The van der Waals surface area contributed by atoms with Gasteiger partial charge in [-0.3, -0.25) is 4.79 Å². The average Bonchev–Trinajstić information content (AvgIpc) is 2.46. The Kier molecular flexibility index (Phi) is 6.36. The molecule has 1 rings (SSSR count). The van der Waals surface area contributed by atoms with Crippen LogP contribution in [0.2, 0.25) is 0 Å². The highest BCUT2D eigenvalue weighted by Gasteiger charge is 2.11. The van der Waals surface area contributed by atoms with Gasteiger partial charge in [0.05, 0.1) is 13.7 Å². The highest BCUT2D eigenvalue weighted by Crippen LogP contribution is 2.16. The van der Waals surface area contributed by atoms with E-state index in [0.29, 0.717) is 6.54 Å². The van der Waals surface area contributed by atoms with Crippen molar-refractivity contribution in [3.8, 4) is 5.75 Å². The lowest BCUT2D eigenvalue weighted by Crippen LogP contribution is -2.38. The minimum absolute atomic E-state index is 0.144. The van der Waals surface area contributed by atoms with Crippen LogP contribution in [0.3, 0.4) is 0 Å². The first kappa shape index (κ1) is 15.5. The van der Waals surface area contributed by atoms with Crippen LogP contribution in [0.4, 0.5) is 0 Å². The molecule has 106 valence electrons. The molecule has 1 N–H and O–H groups in total. The van der Waals surface area contributed by atoms with Gasteiger partial charge in [0.25, 0.3) is 0 Å². The third kappa shape index (κ3) is 4.56. The lowest BCUT2D eigenvalue weighted by molar-refractivity contribution is -0.129. The molecule has 0 radical (unpaired) electrons. The van der Waals surface area contributed by atoms with Crippen molar-refractivity contribution < 1.29 is 9.53 Å². The Hall–Kier alpha value is -1.55. The van der Waals surface area contributed by atoms with E-state index >= 15 is 0 Å². The predicted molar refractivity (Wildman–Crippen MR) is 77.3 cm³/mol. The number of hydrogen-bond donors (Lipinski definition) is 1. The minimum Gasteiger partial charge on any atom is -0.497 e. The van der Waals surface area contributed by atoms with Crippen molar-refractivity contribution in [3.05, 3.63) is 29.8 Å². The summed E-state index contributed by atoms with van der Waals surface area (Å²) in [5, 5.41) is 3.25. The molecule has 1 aromatic rings. The van der Waals surface area contributed by atoms with Crippen molar-refractivity contribution in [1.29, 1.82) is 0 Å². The summed E-state index contributed by atoms with van der Waals surface area (Å²) < 4.78 is 5.13. The Labute approximate surface area is 115 Å². The van der Waals surface area contributed by atoms with Gasteiger partial charge in [0.1, 0.15) is 5.75 Å². The summed E-state index contributed by atoms with van der Waals surface area (Å²) in [6.07, 6.45) is 0. The van der Waals surface area contributed by atoms with Gasteiger partial charge in [0, 0.05) is 19.1 Å². The molecule has 0 saturated heterocycles. The molecule has 4 nitrogen and oxygen atoms in total. The predicted octanol–water partition coefficient (Wildman–Crippen LogP) is 2.21. The second kappa shape index (κ2) is 7.79. The summed E-state index contributed by atoms with van der Waals surface area (Å²) in [6.45, 7) is 7.93. The normalized spacial score (nSPS) is 12.0. The Morgan fingerprint density at radius 3 is 2.32 bits per heavy atom.